The lowest BCUT2D eigenvalue weighted by Gasteiger charge is -2.21. The van der Waals surface area contributed by atoms with E-state index in [4.69, 9.17) is 4.74 Å². The number of hydrogen-bond donors (Lipinski definition) is 0. The molecule has 0 spiro atoms. The summed E-state index contributed by atoms with van der Waals surface area (Å²) < 4.78 is 5.96. The SMILES string of the molecule is C=C/C=C\C1=Cc2ccc(N(C)C)cc2O/C1=C/C. The molecule has 1 aliphatic heterocycles. The summed E-state index contributed by atoms with van der Waals surface area (Å²) >= 11 is 0. The lowest BCUT2D eigenvalue weighted by atomic mass is 10.0. The Labute approximate surface area is 115 Å². The number of anilines is 1. The van der Waals surface area contributed by atoms with Gasteiger partial charge in [0.15, 0.2) is 0 Å². The molecule has 2 rings (SSSR count). The van der Waals surface area contributed by atoms with Gasteiger partial charge in [-0.3, -0.25) is 0 Å². The summed E-state index contributed by atoms with van der Waals surface area (Å²) in [5, 5.41) is 0. The van der Waals surface area contributed by atoms with Crippen LogP contribution in [0.25, 0.3) is 6.08 Å². The molecule has 1 heterocycles. The van der Waals surface area contributed by atoms with Gasteiger partial charge < -0.3 is 9.64 Å². The molecule has 0 saturated carbocycles. The second kappa shape index (κ2) is 5.61. The van der Waals surface area contributed by atoms with Crippen molar-refractivity contribution < 1.29 is 4.74 Å². The highest BCUT2D eigenvalue weighted by Crippen LogP contribution is 2.34. The third-order valence-corrected chi connectivity index (χ3v) is 3.00. The Morgan fingerprint density at radius 2 is 2.05 bits per heavy atom. The number of benzene rings is 1. The van der Waals surface area contributed by atoms with E-state index in [-0.39, 0.29) is 0 Å². The molecule has 98 valence electrons. The molecule has 0 radical (unpaired) electrons. The monoisotopic (exact) mass is 253 g/mol. The van der Waals surface area contributed by atoms with Crippen molar-refractivity contribution in [1.29, 1.82) is 0 Å². The Bertz CT molecular complexity index is 577. The molecule has 0 N–H and O–H groups in total. The molecule has 1 aliphatic rings. The summed E-state index contributed by atoms with van der Waals surface area (Å²) in [7, 11) is 4.05. The highest BCUT2D eigenvalue weighted by Gasteiger charge is 2.15. The molecule has 0 bridgehead atoms. The molecular weight excluding hydrogens is 234 g/mol. The number of allylic oxidation sites excluding steroid dienone is 4. The lowest BCUT2D eigenvalue weighted by molar-refractivity contribution is 0.433. The first-order valence-electron chi connectivity index (χ1n) is 6.32. The van der Waals surface area contributed by atoms with Crippen LogP contribution in [-0.4, -0.2) is 14.1 Å². The van der Waals surface area contributed by atoms with E-state index in [1.165, 1.54) is 0 Å². The summed E-state index contributed by atoms with van der Waals surface area (Å²) in [6.45, 7) is 5.67. The largest absolute Gasteiger partial charge is 0.456 e. The van der Waals surface area contributed by atoms with Gasteiger partial charge in [-0.1, -0.05) is 24.8 Å². The van der Waals surface area contributed by atoms with Crippen molar-refractivity contribution >= 4 is 11.8 Å². The van der Waals surface area contributed by atoms with Crippen LogP contribution in [0.15, 0.2) is 60.4 Å². The third-order valence-electron chi connectivity index (χ3n) is 3.00. The molecule has 0 saturated heterocycles. The fourth-order valence-electron chi connectivity index (χ4n) is 1.95. The van der Waals surface area contributed by atoms with Crippen molar-refractivity contribution in [2.45, 2.75) is 6.92 Å². The first kappa shape index (κ1) is 13.2. The lowest BCUT2D eigenvalue weighted by Crippen LogP contribution is -2.10. The fraction of sp³-hybridized carbons (Fsp3) is 0.176. The Morgan fingerprint density at radius 3 is 2.68 bits per heavy atom. The number of fused-ring (bicyclic) bond motifs is 1. The van der Waals surface area contributed by atoms with Gasteiger partial charge in [0, 0.05) is 37.0 Å². The minimum absolute atomic E-state index is 0.876. The minimum atomic E-state index is 0.876. The molecular formula is C17H19NO. The van der Waals surface area contributed by atoms with Gasteiger partial charge in [-0.05, 0) is 31.2 Å². The molecule has 2 heteroatoms. The normalized spacial score (nSPS) is 15.9. The maximum Gasteiger partial charge on any atom is 0.136 e. The van der Waals surface area contributed by atoms with E-state index in [1.807, 2.05) is 39.2 Å². The van der Waals surface area contributed by atoms with Crippen LogP contribution in [0.3, 0.4) is 0 Å². The fourth-order valence-corrected chi connectivity index (χ4v) is 1.95. The van der Waals surface area contributed by atoms with Crippen molar-refractivity contribution in [3.8, 4) is 5.75 Å². The molecule has 1 aromatic rings. The van der Waals surface area contributed by atoms with Crippen molar-refractivity contribution in [2.24, 2.45) is 0 Å². The van der Waals surface area contributed by atoms with E-state index in [0.29, 0.717) is 0 Å². The van der Waals surface area contributed by atoms with Crippen LogP contribution < -0.4 is 9.64 Å². The van der Waals surface area contributed by atoms with E-state index in [2.05, 4.69) is 35.8 Å². The van der Waals surface area contributed by atoms with Gasteiger partial charge in [-0.25, -0.2) is 0 Å². The quantitative estimate of drug-likeness (QED) is 0.749. The first-order valence-corrected chi connectivity index (χ1v) is 6.32. The van der Waals surface area contributed by atoms with Crippen LogP contribution in [0.2, 0.25) is 0 Å². The van der Waals surface area contributed by atoms with Gasteiger partial charge in [-0.15, -0.1) is 0 Å². The maximum absolute atomic E-state index is 5.96. The summed E-state index contributed by atoms with van der Waals surface area (Å²) in [4.78, 5) is 2.07. The summed E-state index contributed by atoms with van der Waals surface area (Å²) in [5.74, 6) is 1.77. The highest BCUT2D eigenvalue weighted by molar-refractivity contribution is 5.72. The zero-order valence-corrected chi connectivity index (χ0v) is 11.7. The van der Waals surface area contributed by atoms with E-state index in [1.54, 1.807) is 6.08 Å². The average molecular weight is 253 g/mol. The molecule has 0 amide bonds. The molecule has 19 heavy (non-hydrogen) atoms. The Balaban J connectivity index is 2.46. The van der Waals surface area contributed by atoms with Crippen LogP contribution in [0.5, 0.6) is 5.75 Å². The Morgan fingerprint density at radius 1 is 1.26 bits per heavy atom. The summed E-state index contributed by atoms with van der Waals surface area (Å²) in [5.41, 5.74) is 3.29. The van der Waals surface area contributed by atoms with Gasteiger partial charge in [0.2, 0.25) is 0 Å². The number of rotatable bonds is 3. The molecule has 0 unspecified atom stereocenters. The minimum Gasteiger partial charge on any atom is -0.456 e. The van der Waals surface area contributed by atoms with Gasteiger partial charge >= 0.3 is 0 Å². The molecule has 0 aliphatic carbocycles. The van der Waals surface area contributed by atoms with E-state index >= 15 is 0 Å². The summed E-state index contributed by atoms with van der Waals surface area (Å²) in [6, 6.07) is 6.23. The highest BCUT2D eigenvalue weighted by atomic mass is 16.5. The molecule has 1 aromatic carbocycles. The van der Waals surface area contributed by atoms with Crippen LogP contribution in [0.1, 0.15) is 12.5 Å². The van der Waals surface area contributed by atoms with Gasteiger partial charge in [0.05, 0.1) is 0 Å². The zero-order chi connectivity index (χ0) is 13.8. The van der Waals surface area contributed by atoms with Crippen LogP contribution in [0, 0.1) is 0 Å². The van der Waals surface area contributed by atoms with E-state index < -0.39 is 0 Å². The zero-order valence-electron chi connectivity index (χ0n) is 11.7. The Kier molecular flexibility index (Phi) is 3.91. The maximum atomic E-state index is 5.96. The number of nitrogens with zero attached hydrogens (tertiary/aromatic N) is 1. The van der Waals surface area contributed by atoms with Crippen molar-refractivity contribution in [3.05, 3.63) is 66.0 Å². The van der Waals surface area contributed by atoms with Gasteiger partial charge in [0.1, 0.15) is 11.5 Å². The Hall–Kier alpha value is -2.22. The molecule has 0 aromatic heterocycles. The van der Waals surface area contributed by atoms with Gasteiger partial charge in [-0.2, -0.15) is 0 Å². The van der Waals surface area contributed by atoms with Crippen molar-refractivity contribution in [3.63, 3.8) is 0 Å². The standard InChI is InChI=1S/C17H19NO/c1-5-7-8-13-11-14-9-10-15(18(3)4)12-17(14)19-16(13)6-2/h5-12H,1H2,2-4H3/b8-7-,16-6+. The second-order valence-corrected chi connectivity index (χ2v) is 4.57. The predicted octanol–water partition coefficient (Wildman–Crippen LogP) is 4.17. The topological polar surface area (TPSA) is 12.5 Å². The smallest absolute Gasteiger partial charge is 0.136 e. The molecule has 0 atom stereocenters. The van der Waals surface area contributed by atoms with Crippen LogP contribution in [0.4, 0.5) is 5.69 Å². The third kappa shape index (κ3) is 2.79. The van der Waals surface area contributed by atoms with E-state index in [9.17, 15) is 0 Å². The van der Waals surface area contributed by atoms with Crippen LogP contribution in [-0.2, 0) is 0 Å². The van der Waals surface area contributed by atoms with Crippen LogP contribution >= 0.6 is 0 Å². The summed E-state index contributed by atoms with van der Waals surface area (Å²) in [6.07, 6.45) is 9.79. The number of hydrogen-bond acceptors (Lipinski definition) is 2. The molecule has 2 nitrogen and oxygen atoms in total. The van der Waals surface area contributed by atoms with Crippen molar-refractivity contribution in [1.82, 2.24) is 0 Å². The van der Waals surface area contributed by atoms with Crippen molar-refractivity contribution in [2.75, 3.05) is 19.0 Å². The molecule has 0 fully saturated rings. The average Bonchev–Trinajstić information content (AvgIpc) is 2.43. The first-order chi connectivity index (χ1) is 9.15. The predicted molar refractivity (Wildman–Crippen MR) is 82.5 cm³/mol. The number of ether oxygens (including phenoxy) is 1. The van der Waals surface area contributed by atoms with E-state index in [0.717, 1.165) is 28.3 Å². The van der Waals surface area contributed by atoms with Gasteiger partial charge in [0.25, 0.3) is 0 Å². The second-order valence-electron chi connectivity index (χ2n) is 4.57.